The van der Waals surface area contributed by atoms with Crippen LogP contribution >= 0.6 is 11.3 Å². The van der Waals surface area contributed by atoms with E-state index in [2.05, 4.69) is 15.0 Å². The van der Waals surface area contributed by atoms with Gasteiger partial charge in [-0.3, -0.25) is 4.90 Å². The summed E-state index contributed by atoms with van der Waals surface area (Å²) < 4.78 is 20.4. The van der Waals surface area contributed by atoms with Crippen molar-refractivity contribution in [1.82, 2.24) is 24.4 Å². The molecule has 28 heavy (non-hydrogen) atoms. The van der Waals surface area contributed by atoms with Gasteiger partial charge in [0.25, 0.3) is 0 Å². The zero-order chi connectivity index (χ0) is 19.7. The molecule has 2 aromatic heterocycles. The lowest BCUT2D eigenvalue weighted by Crippen LogP contribution is -2.49. The van der Waals surface area contributed by atoms with E-state index < -0.39 is 0 Å². The third kappa shape index (κ3) is 3.40. The highest BCUT2D eigenvalue weighted by atomic mass is 32.1. The Balaban J connectivity index is 1.66. The summed E-state index contributed by atoms with van der Waals surface area (Å²) in [5.41, 5.74) is 0.726. The first-order chi connectivity index (χ1) is 13.6. The van der Waals surface area contributed by atoms with Crippen LogP contribution in [0.3, 0.4) is 0 Å². The van der Waals surface area contributed by atoms with Crippen molar-refractivity contribution < 1.29 is 19.0 Å². The van der Waals surface area contributed by atoms with Crippen LogP contribution in [0.15, 0.2) is 30.6 Å². The highest BCUT2D eigenvalue weighted by molar-refractivity contribution is 7.17. The van der Waals surface area contributed by atoms with Crippen LogP contribution in [0.25, 0.3) is 4.96 Å². The molecule has 1 fully saturated rings. The van der Waals surface area contributed by atoms with Crippen molar-refractivity contribution in [2.45, 2.75) is 13.0 Å². The number of carbonyl (C=O) groups excluding carboxylic acids is 1. The van der Waals surface area contributed by atoms with Gasteiger partial charge < -0.3 is 14.7 Å². The van der Waals surface area contributed by atoms with Crippen LogP contribution in [-0.2, 0) is 4.74 Å². The van der Waals surface area contributed by atoms with E-state index in [4.69, 9.17) is 4.74 Å². The van der Waals surface area contributed by atoms with E-state index in [0.717, 1.165) is 5.56 Å². The van der Waals surface area contributed by atoms with E-state index >= 15 is 0 Å². The number of fused-ring (bicyclic) bond motifs is 1. The summed E-state index contributed by atoms with van der Waals surface area (Å²) in [5.74, 6) is -0.341. The van der Waals surface area contributed by atoms with Crippen LogP contribution in [-0.4, -0.2) is 68.4 Å². The molecule has 1 N–H and O–H groups in total. The number of ether oxygens (including phenoxy) is 1. The molecular weight excluding hydrogens is 385 g/mol. The SMILES string of the molecule is CCOC(=O)N1CCN([C@@H](c2cccc(F)c2)c2sc3ncnn3c2O)CC1. The smallest absolute Gasteiger partial charge is 0.409 e. The molecule has 4 rings (SSSR count). The predicted molar refractivity (Wildman–Crippen MR) is 101 cm³/mol. The summed E-state index contributed by atoms with van der Waals surface area (Å²) in [5, 5.41) is 14.7. The molecule has 0 aliphatic carbocycles. The van der Waals surface area contributed by atoms with Crippen molar-refractivity contribution in [3.8, 4) is 5.88 Å². The third-order valence-corrected chi connectivity index (χ3v) is 5.84. The van der Waals surface area contributed by atoms with E-state index in [9.17, 15) is 14.3 Å². The molecule has 1 aliphatic heterocycles. The Morgan fingerprint density at radius 3 is 2.82 bits per heavy atom. The van der Waals surface area contributed by atoms with Crippen LogP contribution in [0.5, 0.6) is 5.88 Å². The average molecular weight is 405 g/mol. The maximum absolute atomic E-state index is 13.9. The molecule has 3 aromatic rings. The number of thiazole rings is 1. The van der Waals surface area contributed by atoms with Gasteiger partial charge in [0.1, 0.15) is 12.1 Å². The quantitative estimate of drug-likeness (QED) is 0.718. The number of aromatic nitrogens is 3. The molecule has 8 nitrogen and oxygen atoms in total. The lowest BCUT2D eigenvalue weighted by Gasteiger charge is -2.38. The van der Waals surface area contributed by atoms with Gasteiger partial charge in [-0.05, 0) is 24.6 Å². The van der Waals surface area contributed by atoms with Crippen molar-refractivity contribution in [3.05, 3.63) is 46.9 Å². The summed E-state index contributed by atoms with van der Waals surface area (Å²) in [6, 6.07) is 5.98. The Morgan fingerprint density at radius 1 is 1.36 bits per heavy atom. The van der Waals surface area contributed by atoms with E-state index in [-0.39, 0.29) is 23.8 Å². The lowest BCUT2D eigenvalue weighted by atomic mass is 10.0. The summed E-state index contributed by atoms with van der Waals surface area (Å²) in [6.45, 7) is 4.22. The number of hydrogen-bond acceptors (Lipinski definition) is 7. The van der Waals surface area contributed by atoms with Gasteiger partial charge in [-0.15, -0.1) is 0 Å². The summed E-state index contributed by atoms with van der Waals surface area (Å²) in [7, 11) is 0. The number of halogens is 1. The minimum Gasteiger partial charge on any atom is -0.492 e. The standard InChI is InChI=1S/C18H20FN5O3S/c1-2-27-18(26)23-8-6-22(7-9-23)14(12-4-3-5-13(19)10-12)15-16(25)24-17(28-15)20-11-21-24/h3-5,10-11,14,25H,2,6-9H2,1H3/t14-/m0/s1. The zero-order valence-corrected chi connectivity index (χ0v) is 16.1. The Bertz CT molecular complexity index is 983. The highest BCUT2D eigenvalue weighted by Crippen LogP contribution is 2.40. The van der Waals surface area contributed by atoms with Gasteiger partial charge in [-0.2, -0.15) is 9.61 Å². The molecule has 1 aliphatic rings. The minimum atomic E-state index is -0.367. The van der Waals surface area contributed by atoms with Crippen molar-refractivity contribution in [2.75, 3.05) is 32.8 Å². The molecule has 1 atom stereocenters. The number of aromatic hydroxyl groups is 1. The monoisotopic (exact) mass is 405 g/mol. The minimum absolute atomic E-state index is 0.000386. The van der Waals surface area contributed by atoms with Crippen LogP contribution in [0, 0.1) is 5.82 Å². The van der Waals surface area contributed by atoms with Gasteiger partial charge in [-0.25, -0.2) is 14.2 Å². The fourth-order valence-electron chi connectivity index (χ4n) is 3.45. The molecule has 1 saturated heterocycles. The number of hydrogen-bond donors (Lipinski definition) is 1. The van der Waals surface area contributed by atoms with Crippen molar-refractivity contribution in [1.29, 1.82) is 0 Å². The number of piperazine rings is 1. The maximum Gasteiger partial charge on any atom is 0.409 e. The third-order valence-electron chi connectivity index (χ3n) is 4.76. The van der Waals surface area contributed by atoms with Gasteiger partial charge in [0, 0.05) is 26.2 Å². The van der Waals surface area contributed by atoms with Gasteiger partial charge in [0.15, 0.2) is 0 Å². The molecule has 1 aromatic carbocycles. The number of amides is 1. The van der Waals surface area contributed by atoms with E-state index in [1.807, 2.05) is 6.07 Å². The maximum atomic E-state index is 13.9. The van der Waals surface area contributed by atoms with Crippen molar-refractivity contribution in [2.24, 2.45) is 0 Å². The first-order valence-electron chi connectivity index (χ1n) is 9.01. The summed E-state index contributed by atoms with van der Waals surface area (Å²) in [4.78, 5) is 21.1. The van der Waals surface area contributed by atoms with Gasteiger partial charge >= 0.3 is 6.09 Å². The van der Waals surface area contributed by atoms with E-state index in [0.29, 0.717) is 42.6 Å². The van der Waals surface area contributed by atoms with E-state index in [1.165, 1.54) is 34.3 Å². The number of rotatable bonds is 4. The fraction of sp³-hybridized carbons (Fsp3) is 0.389. The average Bonchev–Trinajstić information content (AvgIpc) is 3.27. The lowest BCUT2D eigenvalue weighted by molar-refractivity contribution is 0.0715. The first kappa shape index (κ1) is 18.6. The molecule has 10 heteroatoms. The molecule has 3 heterocycles. The Hall–Kier alpha value is -2.72. The van der Waals surface area contributed by atoms with Gasteiger partial charge in [-0.1, -0.05) is 23.5 Å². The Kier molecular flexibility index (Phi) is 5.14. The zero-order valence-electron chi connectivity index (χ0n) is 15.3. The second kappa shape index (κ2) is 7.72. The van der Waals surface area contributed by atoms with Gasteiger partial charge in [0.05, 0.1) is 17.5 Å². The molecule has 0 unspecified atom stereocenters. The molecule has 1 amide bonds. The number of nitrogens with zero attached hydrogens (tertiary/aromatic N) is 5. The van der Waals surface area contributed by atoms with Crippen LogP contribution in [0.4, 0.5) is 9.18 Å². The van der Waals surface area contributed by atoms with Crippen molar-refractivity contribution in [3.63, 3.8) is 0 Å². The normalized spacial score (nSPS) is 16.4. The fourth-order valence-corrected chi connectivity index (χ4v) is 4.55. The first-order valence-corrected chi connectivity index (χ1v) is 9.82. The molecule has 0 spiro atoms. The topological polar surface area (TPSA) is 83.2 Å². The van der Waals surface area contributed by atoms with E-state index in [1.54, 1.807) is 17.9 Å². The number of carbonyl (C=O) groups is 1. The summed E-state index contributed by atoms with van der Waals surface area (Å²) in [6.07, 6.45) is 1.05. The second-order valence-electron chi connectivity index (χ2n) is 6.42. The Labute approximate surface area is 164 Å². The van der Waals surface area contributed by atoms with Crippen LogP contribution < -0.4 is 0 Å². The van der Waals surface area contributed by atoms with Crippen molar-refractivity contribution >= 4 is 22.4 Å². The number of benzene rings is 1. The highest BCUT2D eigenvalue weighted by Gasteiger charge is 2.32. The molecule has 0 radical (unpaired) electrons. The predicted octanol–water partition coefficient (Wildman–Crippen LogP) is 2.50. The largest absolute Gasteiger partial charge is 0.492 e. The second-order valence-corrected chi connectivity index (χ2v) is 7.43. The molecule has 0 bridgehead atoms. The molecular formula is C18H20FN5O3S. The molecule has 148 valence electrons. The van der Waals surface area contributed by atoms with Crippen LogP contribution in [0.2, 0.25) is 0 Å². The van der Waals surface area contributed by atoms with Gasteiger partial charge in [0.2, 0.25) is 10.8 Å². The Morgan fingerprint density at radius 2 is 2.14 bits per heavy atom. The summed E-state index contributed by atoms with van der Waals surface area (Å²) >= 11 is 1.32. The molecule has 0 saturated carbocycles. The van der Waals surface area contributed by atoms with Crippen LogP contribution in [0.1, 0.15) is 23.4 Å².